The van der Waals surface area contributed by atoms with E-state index in [4.69, 9.17) is 0 Å². The minimum Gasteiger partial charge on any atom is -0.372 e. The van der Waals surface area contributed by atoms with Crippen LogP contribution in [0.15, 0.2) is 29.5 Å². The molecule has 0 amide bonds. The van der Waals surface area contributed by atoms with E-state index in [1.165, 1.54) is 0 Å². The van der Waals surface area contributed by atoms with Crippen LogP contribution in [0.25, 0.3) is 0 Å². The highest BCUT2D eigenvalue weighted by Gasteiger charge is 2.63. The predicted molar refractivity (Wildman–Crippen MR) is 53.9 cm³/mol. The Morgan fingerprint density at radius 3 is 2.19 bits per heavy atom. The van der Waals surface area contributed by atoms with Gasteiger partial charge in [-0.25, -0.2) is 4.39 Å². The number of halogens is 4. The van der Waals surface area contributed by atoms with Gasteiger partial charge in [0.05, 0.1) is 0 Å². The molecule has 0 aliphatic carbocycles. The van der Waals surface area contributed by atoms with Crippen molar-refractivity contribution >= 4 is 6.72 Å². The molecule has 16 heavy (non-hydrogen) atoms. The van der Waals surface area contributed by atoms with Crippen molar-refractivity contribution in [3.05, 3.63) is 24.3 Å². The second kappa shape index (κ2) is 5.14. The van der Waals surface area contributed by atoms with E-state index in [-0.39, 0.29) is 5.57 Å². The van der Waals surface area contributed by atoms with Crippen molar-refractivity contribution in [2.45, 2.75) is 31.8 Å². The summed E-state index contributed by atoms with van der Waals surface area (Å²) in [4.78, 5) is 4.17. The van der Waals surface area contributed by atoms with Crippen LogP contribution >= 0.6 is 0 Å². The zero-order valence-corrected chi connectivity index (χ0v) is 9.01. The van der Waals surface area contributed by atoms with Crippen LogP contribution in [0.3, 0.4) is 0 Å². The monoisotopic (exact) mass is 239 g/mol. The smallest absolute Gasteiger partial charge is 0.372 e. The van der Waals surface area contributed by atoms with Gasteiger partial charge in [-0.05, 0) is 19.4 Å². The molecule has 0 fully saturated rings. The fourth-order valence-electron chi connectivity index (χ4n) is 1.36. The molecule has 0 radical (unpaired) electrons. The number of alkyl halides is 4. The Balaban J connectivity index is 5.71. The summed E-state index contributed by atoms with van der Waals surface area (Å²) in [7, 11) is 0. The Kier molecular flexibility index (Phi) is 4.71. The largest absolute Gasteiger partial charge is 0.438 e. The second-order valence-corrected chi connectivity index (χ2v) is 3.16. The van der Waals surface area contributed by atoms with Crippen LogP contribution < -0.4 is 0 Å². The van der Waals surface area contributed by atoms with Gasteiger partial charge in [-0.15, -0.1) is 5.16 Å². The molecule has 0 aliphatic heterocycles. The van der Waals surface area contributed by atoms with Crippen molar-refractivity contribution in [2.24, 2.45) is 5.16 Å². The van der Waals surface area contributed by atoms with Crippen LogP contribution in [-0.2, 0) is 4.84 Å². The lowest BCUT2D eigenvalue weighted by Crippen LogP contribution is -2.54. The maximum absolute atomic E-state index is 13.3. The van der Waals surface area contributed by atoms with E-state index in [0.717, 1.165) is 26.0 Å². The lowest BCUT2D eigenvalue weighted by molar-refractivity contribution is -0.279. The highest BCUT2D eigenvalue weighted by molar-refractivity contribution is 5.26. The van der Waals surface area contributed by atoms with Crippen LogP contribution in [0.4, 0.5) is 17.6 Å². The van der Waals surface area contributed by atoms with Crippen LogP contribution in [0.1, 0.15) is 13.8 Å². The summed E-state index contributed by atoms with van der Waals surface area (Å²) in [6.07, 6.45) is -5.13. The zero-order chi connectivity index (χ0) is 13.0. The van der Waals surface area contributed by atoms with E-state index in [1.807, 2.05) is 0 Å². The third-order valence-electron chi connectivity index (χ3n) is 2.14. The van der Waals surface area contributed by atoms with Crippen molar-refractivity contribution in [3.8, 4) is 0 Å². The standard InChI is InChI=1S/C10H13F4NO/c1-5-6-7(2)9(8(3)11,16-15-4)10(12,13)14/h5-6,8H,1,4H2,2-3H3/b7-6+. The van der Waals surface area contributed by atoms with E-state index in [9.17, 15) is 17.6 Å². The van der Waals surface area contributed by atoms with Crippen molar-refractivity contribution < 1.29 is 22.4 Å². The van der Waals surface area contributed by atoms with Crippen LogP contribution in [0.2, 0.25) is 0 Å². The van der Waals surface area contributed by atoms with Crippen molar-refractivity contribution in [3.63, 3.8) is 0 Å². The maximum atomic E-state index is 13.3. The fourth-order valence-corrected chi connectivity index (χ4v) is 1.36. The van der Waals surface area contributed by atoms with Gasteiger partial charge in [0, 0.05) is 6.72 Å². The topological polar surface area (TPSA) is 21.6 Å². The summed E-state index contributed by atoms with van der Waals surface area (Å²) >= 11 is 0. The number of hydrogen-bond acceptors (Lipinski definition) is 2. The summed E-state index contributed by atoms with van der Waals surface area (Å²) in [6.45, 7) is 7.88. The first-order valence-corrected chi connectivity index (χ1v) is 4.38. The zero-order valence-electron chi connectivity index (χ0n) is 9.01. The van der Waals surface area contributed by atoms with E-state index < -0.39 is 17.9 Å². The number of rotatable bonds is 5. The Labute approximate surface area is 91.3 Å². The predicted octanol–water partition coefficient (Wildman–Crippen LogP) is 3.41. The average Bonchev–Trinajstić information content (AvgIpc) is 2.11. The summed E-state index contributed by atoms with van der Waals surface area (Å²) < 4.78 is 51.8. The molecule has 0 aromatic heterocycles. The molecule has 2 nitrogen and oxygen atoms in total. The van der Waals surface area contributed by atoms with Gasteiger partial charge >= 0.3 is 6.18 Å². The highest BCUT2D eigenvalue weighted by Crippen LogP contribution is 2.43. The molecule has 0 aromatic rings. The Morgan fingerprint density at radius 1 is 1.44 bits per heavy atom. The molecular formula is C10H13F4NO. The average molecular weight is 239 g/mol. The number of oxime groups is 1. The van der Waals surface area contributed by atoms with E-state index in [2.05, 4.69) is 23.3 Å². The fraction of sp³-hybridized carbons (Fsp3) is 0.500. The second-order valence-electron chi connectivity index (χ2n) is 3.16. The minimum absolute atomic E-state index is 0.377. The summed E-state index contributed by atoms with van der Waals surface area (Å²) in [5.41, 5.74) is -3.49. The van der Waals surface area contributed by atoms with E-state index in [0.29, 0.717) is 0 Å². The number of allylic oxidation sites excluding steroid dienone is 2. The Morgan fingerprint density at radius 2 is 1.94 bits per heavy atom. The number of hydrogen-bond donors (Lipinski definition) is 0. The molecule has 0 aliphatic rings. The molecular weight excluding hydrogens is 226 g/mol. The first-order chi connectivity index (χ1) is 7.24. The van der Waals surface area contributed by atoms with Crippen molar-refractivity contribution in [2.75, 3.05) is 0 Å². The Bertz CT molecular complexity index is 296. The summed E-state index contributed by atoms with van der Waals surface area (Å²) in [5, 5.41) is 2.71. The molecule has 0 rings (SSSR count). The molecule has 0 aromatic carbocycles. The number of nitrogens with zero attached hydrogens (tertiary/aromatic N) is 1. The molecule has 0 bridgehead atoms. The van der Waals surface area contributed by atoms with Gasteiger partial charge in [-0.3, -0.25) is 0 Å². The highest BCUT2D eigenvalue weighted by atomic mass is 19.4. The van der Waals surface area contributed by atoms with Crippen LogP contribution in [0.5, 0.6) is 0 Å². The van der Waals surface area contributed by atoms with Crippen molar-refractivity contribution in [1.29, 1.82) is 0 Å². The maximum Gasteiger partial charge on any atom is 0.438 e. The van der Waals surface area contributed by atoms with Gasteiger partial charge in [0.25, 0.3) is 5.60 Å². The van der Waals surface area contributed by atoms with Gasteiger partial charge in [0.2, 0.25) is 0 Å². The lowest BCUT2D eigenvalue weighted by Gasteiger charge is -2.35. The first-order valence-electron chi connectivity index (χ1n) is 4.38. The minimum atomic E-state index is -4.94. The van der Waals surface area contributed by atoms with E-state index >= 15 is 0 Å². The molecule has 0 N–H and O–H groups in total. The van der Waals surface area contributed by atoms with Gasteiger partial charge in [-0.1, -0.05) is 18.7 Å². The molecule has 0 heterocycles. The molecule has 0 saturated carbocycles. The third-order valence-corrected chi connectivity index (χ3v) is 2.14. The lowest BCUT2D eigenvalue weighted by atomic mass is 9.89. The molecule has 6 heteroatoms. The van der Waals surface area contributed by atoms with Crippen molar-refractivity contribution in [1.82, 2.24) is 0 Å². The van der Waals surface area contributed by atoms with Gasteiger partial charge in [0.1, 0.15) is 0 Å². The molecule has 2 unspecified atom stereocenters. The SMILES string of the molecule is C=C/C=C(\C)C(ON=C)(C(C)F)C(F)(F)F. The molecule has 92 valence electrons. The van der Waals surface area contributed by atoms with Gasteiger partial charge in [0.15, 0.2) is 6.17 Å². The first kappa shape index (κ1) is 14.7. The normalized spacial score (nSPS) is 18.5. The van der Waals surface area contributed by atoms with Gasteiger partial charge < -0.3 is 4.84 Å². The molecule has 0 saturated heterocycles. The van der Waals surface area contributed by atoms with Gasteiger partial charge in [-0.2, -0.15) is 13.2 Å². The molecule has 2 atom stereocenters. The summed E-state index contributed by atoms with van der Waals surface area (Å²) in [6, 6.07) is 0. The van der Waals surface area contributed by atoms with Crippen LogP contribution in [0, 0.1) is 0 Å². The quantitative estimate of drug-likeness (QED) is 0.312. The molecule has 0 spiro atoms. The van der Waals surface area contributed by atoms with Crippen LogP contribution in [-0.4, -0.2) is 24.7 Å². The van der Waals surface area contributed by atoms with E-state index in [1.54, 1.807) is 0 Å². The Hall–Kier alpha value is -1.33. The third kappa shape index (κ3) is 2.43. The summed E-state index contributed by atoms with van der Waals surface area (Å²) in [5.74, 6) is 0.